The lowest BCUT2D eigenvalue weighted by molar-refractivity contribution is 0.141. The number of nitrogens with one attached hydrogen (secondary N) is 1. The quantitative estimate of drug-likeness (QED) is 0.790. The lowest BCUT2D eigenvalue weighted by Gasteiger charge is -2.08. The number of alkyl carbamates (subject to hydrolysis) is 1. The molecule has 3 nitrogen and oxygen atoms in total. The van der Waals surface area contributed by atoms with Crippen molar-refractivity contribution >= 4 is 16.9 Å². The number of rotatable bonds is 1. The van der Waals surface area contributed by atoms with E-state index in [1.807, 2.05) is 18.2 Å². The van der Waals surface area contributed by atoms with E-state index < -0.39 is 0 Å². The first-order chi connectivity index (χ1) is 7.83. The predicted octanol–water partition coefficient (Wildman–Crippen LogP) is 2.62. The summed E-state index contributed by atoms with van der Waals surface area (Å²) < 4.78 is 5.15. The molecule has 1 N–H and O–H groups in total. The van der Waals surface area contributed by atoms with Crippen molar-refractivity contribution in [3.8, 4) is 0 Å². The minimum Gasteiger partial charge on any atom is -0.439 e. The molecule has 2 aromatic rings. The lowest BCUT2D eigenvalue weighted by atomic mass is 10.0. The molecule has 2 aromatic carbocycles. The molecule has 0 aliphatic carbocycles. The van der Waals surface area contributed by atoms with E-state index in [9.17, 15) is 4.79 Å². The highest BCUT2D eigenvalue weighted by atomic mass is 16.6. The summed E-state index contributed by atoms with van der Waals surface area (Å²) in [7, 11) is 0. The van der Waals surface area contributed by atoms with Gasteiger partial charge in [-0.3, -0.25) is 0 Å². The number of hydrogen-bond acceptors (Lipinski definition) is 2. The molecule has 0 radical (unpaired) electrons. The normalized spacial score (nSPS) is 19.5. The van der Waals surface area contributed by atoms with Crippen molar-refractivity contribution in [1.82, 2.24) is 5.32 Å². The fourth-order valence-electron chi connectivity index (χ4n) is 1.98. The number of hydrogen-bond donors (Lipinski definition) is 1. The van der Waals surface area contributed by atoms with Crippen LogP contribution in [0.2, 0.25) is 0 Å². The molecule has 1 aliphatic heterocycles. The third kappa shape index (κ3) is 1.50. The summed E-state index contributed by atoms with van der Waals surface area (Å²) >= 11 is 0. The van der Waals surface area contributed by atoms with E-state index >= 15 is 0 Å². The smallest absolute Gasteiger partial charge is 0.407 e. The van der Waals surface area contributed by atoms with E-state index in [1.165, 1.54) is 10.8 Å². The number of carbonyl (C=O) groups is 1. The number of amides is 1. The summed E-state index contributed by atoms with van der Waals surface area (Å²) in [6.45, 7) is 0.553. The topological polar surface area (TPSA) is 38.3 Å². The van der Waals surface area contributed by atoms with Gasteiger partial charge in [0.05, 0.1) is 6.54 Å². The summed E-state index contributed by atoms with van der Waals surface area (Å²) in [5.74, 6) is 0. The van der Waals surface area contributed by atoms with Crippen LogP contribution in [0.4, 0.5) is 4.79 Å². The third-order valence-electron chi connectivity index (χ3n) is 2.83. The molecule has 0 spiro atoms. The molecular weight excluding hydrogens is 202 g/mol. The highest BCUT2D eigenvalue weighted by Crippen LogP contribution is 2.24. The molecule has 16 heavy (non-hydrogen) atoms. The third-order valence-corrected chi connectivity index (χ3v) is 2.83. The second kappa shape index (κ2) is 3.52. The molecule has 1 saturated heterocycles. The highest BCUT2D eigenvalue weighted by molar-refractivity contribution is 5.83. The summed E-state index contributed by atoms with van der Waals surface area (Å²) in [5.41, 5.74) is 1.04. The van der Waals surface area contributed by atoms with Gasteiger partial charge >= 0.3 is 6.09 Å². The van der Waals surface area contributed by atoms with Crippen LogP contribution in [0, 0.1) is 0 Å². The summed E-state index contributed by atoms with van der Waals surface area (Å²) in [4.78, 5) is 11.0. The van der Waals surface area contributed by atoms with E-state index in [0.29, 0.717) is 6.54 Å². The standard InChI is InChI=1S/C13H11NO2/c15-13-14-8-12(16-13)11-6-5-9-3-1-2-4-10(9)7-11/h1-7,12H,8H2,(H,14,15)/t12-/m1/s1. The van der Waals surface area contributed by atoms with Gasteiger partial charge in [-0.15, -0.1) is 0 Å². The predicted molar refractivity (Wildman–Crippen MR) is 61.2 cm³/mol. The first-order valence-electron chi connectivity index (χ1n) is 5.26. The number of ether oxygens (including phenoxy) is 1. The van der Waals surface area contributed by atoms with Gasteiger partial charge in [0.15, 0.2) is 0 Å². The fraction of sp³-hybridized carbons (Fsp3) is 0.154. The molecule has 0 aromatic heterocycles. The van der Waals surface area contributed by atoms with Gasteiger partial charge in [0.25, 0.3) is 0 Å². The SMILES string of the molecule is O=C1NC[C@H](c2ccc3ccccc3c2)O1. The Morgan fingerprint density at radius 2 is 1.94 bits per heavy atom. The number of benzene rings is 2. The first-order valence-corrected chi connectivity index (χ1v) is 5.26. The molecule has 1 heterocycles. The molecule has 0 saturated carbocycles. The Morgan fingerprint density at radius 1 is 1.12 bits per heavy atom. The second-order valence-corrected chi connectivity index (χ2v) is 3.88. The van der Waals surface area contributed by atoms with Gasteiger partial charge in [-0.1, -0.05) is 36.4 Å². The Hall–Kier alpha value is -2.03. The van der Waals surface area contributed by atoms with E-state index in [2.05, 4.69) is 29.6 Å². The van der Waals surface area contributed by atoms with Crippen LogP contribution in [0.5, 0.6) is 0 Å². The van der Waals surface area contributed by atoms with Gasteiger partial charge in [-0.25, -0.2) is 4.79 Å². The summed E-state index contributed by atoms with van der Waals surface area (Å²) in [6, 6.07) is 14.3. The average Bonchev–Trinajstić information content (AvgIpc) is 2.75. The van der Waals surface area contributed by atoms with Crippen molar-refractivity contribution in [2.75, 3.05) is 6.54 Å². The zero-order valence-corrected chi connectivity index (χ0v) is 8.64. The second-order valence-electron chi connectivity index (χ2n) is 3.88. The molecule has 80 valence electrons. The van der Waals surface area contributed by atoms with Crippen molar-refractivity contribution in [3.63, 3.8) is 0 Å². The molecule has 3 heteroatoms. The van der Waals surface area contributed by atoms with Crippen molar-refractivity contribution < 1.29 is 9.53 Å². The highest BCUT2D eigenvalue weighted by Gasteiger charge is 2.23. The molecule has 1 fully saturated rings. The van der Waals surface area contributed by atoms with Crippen molar-refractivity contribution in [3.05, 3.63) is 48.0 Å². The minimum absolute atomic E-state index is 0.155. The maximum Gasteiger partial charge on any atom is 0.407 e. The summed E-state index contributed by atoms with van der Waals surface area (Å²) in [5, 5.41) is 5.02. The maximum absolute atomic E-state index is 11.0. The minimum atomic E-state index is -0.335. The molecular formula is C13H11NO2. The van der Waals surface area contributed by atoms with Gasteiger partial charge in [-0.2, -0.15) is 0 Å². The van der Waals surface area contributed by atoms with Crippen LogP contribution in [0.3, 0.4) is 0 Å². The molecule has 0 bridgehead atoms. The zero-order valence-electron chi connectivity index (χ0n) is 8.64. The van der Waals surface area contributed by atoms with Gasteiger partial charge in [-0.05, 0) is 22.4 Å². The van der Waals surface area contributed by atoms with Gasteiger partial charge < -0.3 is 10.1 Å². The molecule has 1 aliphatic rings. The monoisotopic (exact) mass is 213 g/mol. The Labute approximate surface area is 93.0 Å². The Balaban J connectivity index is 2.02. The van der Waals surface area contributed by atoms with Crippen LogP contribution in [0.25, 0.3) is 10.8 Å². The molecule has 3 rings (SSSR count). The Kier molecular flexibility index (Phi) is 2.03. The van der Waals surface area contributed by atoms with E-state index in [4.69, 9.17) is 4.74 Å². The van der Waals surface area contributed by atoms with Gasteiger partial charge in [0.1, 0.15) is 6.10 Å². The molecule has 1 amide bonds. The van der Waals surface area contributed by atoms with Crippen LogP contribution in [-0.4, -0.2) is 12.6 Å². The largest absolute Gasteiger partial charge is 0.439 e. The van der Waals surface area contributed by atoms with Crippen LogP contribution in [-0.2, 0) is 4.74 Å². The maximum atomic E-state index is 11.0. The van der Waals surface area contributed by atoms with E-state index in [-0.39, 0.29) is 12.2 Å². The Morgan fingerprint density at radius 3 is 2.69 bits per heavy atom. The van der Waals surface area contributed by atoms with Gasteiger partial charge in [0, 0.05) is 0 Å². The fourth-order valence-corrected chi connectivity index (χ4v) is 1.98. The van der Waals surface area contributed by atoms with Gasteiger partial charge in [0.2, 0.25) is 0 Å². The molecule has 1 atom stereocenters. The van der Waals surface area contributed by atoms with Crippen LogP contribution in [0.15, 0.2) is 42.5 Å². The molecule has 0 unspecified atom stereocenters. The van der Waals surface area contributed by atoms with Crippen molar-refractivity contribution in [2.45, 2.75) is 6.10 Å². The average molecular weight is 213 g/mol. The Bertz CT molecular complexity index is 550. The van der Waals surface area contributed by atoms with Crippen LogP contribution < -0.4 is 5.32 Å². The van der Waals surface area contributed by atoms with Crippen LogP contribution >= 0.6 is 0 Å². The van der Waals surface area contributed by atoms with Crippen LogP contribution in [0.1, 0.15) is 11.7 Å². The zero-order chi connectivity index (χ0) is 11.0. The van der Waals surface area contributed by atoms with Crippen molar-refractivity contribution in [2.24, 2.45) is 0 Å². The number of carbonyl (C=O) groups excluding carboxylic acids is 1. The first kappa shape index (κ1) is 9.21. The van der Waals surface area contributed by atoms with E-state index in [1.54, 1.807) is 0 Å². The number of fused-ring (bicyclic) bond motifs is 1. The van der Waals surface area contributed by atoms with Crippen molar-refractivity contribution in [1.29, 1.82) is 0 Å². The summed E-state index contributed by atoms with van der Waals surface area (Å²) in [6.07, 6.45) is -0.490. The lowest BCUT2D eigenvalue weighted by Crippen LogP contribution is -2.12. The van der Waals surface area contributed by atoms with E-state index in [0.717, 1.165) is 5.56 Å². The number of cyclic esters (lactones) is 1.